The number of H-pyrrole nitrogens is 1. The van der Waals surface area contributed by atoms with Crippen molar-refractivity contribution in [3.8, 4) is 22.5 Å². The summed E-state index contributed by atoms with van der Waals surface area (Å²) in [6.07, 6.45) is 5.10. The number of benzene rings is 1. The fourth-order valence-electron chi connectivity index (χ4n) is 2.93. The predicted molar refractivity (Wildman–Crippen MR) is 111 cm³/mol. The van der Waals surface area contributed by atoms with Crippen molar-refractivity contribution >= 4 is 22.4 Å². The molecule has 0 saturated heterocycles. The molecule has 0 aliphatic carbocycles. The highest BCUT2D eigenvalue weighted by molar-refractivity contribution is 7.14. The standard InChI is InChI=1S/C20H20N6OS/c1-13-7-8-21-19(23-13)25-20-24-17(12-28-20)16-11-22-26-18(16)15-6-2-4-14(10-15)5-3-9-27/h2,4,6-8,10-12,27H,3,5,9H2,1H3,(H,22,26)(H,21,23,24,25). The minimum atomic E-state index is 0.193. The van der Waals surface area contributed by atoms with Gasteiger partial charge in [-0.25, -0.2) is 15.0 Å². The summed E-state index contributed by atoms with van der Waals surface area (Å²) in [6, 6.07) is 10.1. The van der Waals surface area contributed by atoms with E-state index in [0.717, 1.165) is 46.2 Å². The van der Waals surface area contributed by atoms with Gasteiger partial charge in [0.15, 0.2) is 5.13 Å². The van der Waals surface area contributed by atoms with Gasteiger partial charge in [0, 0.05) is 35.0 Å². The minimum absolute atomic E-state index is 0.193. The van der Waals surface area contributed by atoms with E-state index >= 15 is 0 Å². The van der Waals surface area contributed by atoms with Crippen LogP contribution in [-0.2, 0) is 6.42 Å². The molecule has 4 rings (SSSR count). The van der Waals surface area contributed by atoms with Crippen molar-refractivity contribution < 1.29 is 5.11 Å². The Bertz CT molecular complexity index is 1070. The van der Waals surface area contributed by atoms with Crippen LogP contribution in [0.4, 0.5) is 11.1 Å². The maximum Gasteiger partial charge on any atom is 0.229 e. The lowest BCUT2D eigenvalue weighted by Gasteiger charge is -2.05. The van der Waals surface area contributed by atoms with Gasteiger partial charge in [0.05, 0.1) is 17.6 Å². The molecule has 0 atom stereocenters. The van der Waals surface area contributed by atoms with Crippen LogP contribution in [0, 0.1) is 6.92 Å². The summed E-state index contributed by atoms with van der Waals surface area (Å²) in [5, 5.41) is 22.2. The Morgan fingerprint density at radius 1 is 1.21 bits per heavy atom. The first-order valence-electron chi connectivity index (χ1n) is 8.99. The lowest BCUT2D eigenvalue weighted by Crippen LogP contribution is -1.97. The molecular formula is C20H20N6OS. The second kappa shape index (κ2) is 8.28. The lowest BCUT2D eigenvalue weighted by atomic mass is 10.0. The number of nitrogens with one attached hydrogen (secondary N) is 2. The van der Waals surface area contributed by atoms with Gasteiger partial charge in [0.2, 0.25) is 5.95 Å². The second-order valence-corrected chi connectivity index (χ2v) is 7.23. The van der Waals surface area contributed by atoms with E-state index in [4.69, 9.17) is 5.11 Å². The van der Waals surface area contributed by atoms with Crippen LogP contribution in [0.3, 0.4) is 0 Å². The van der Waals surface area contributed by atoms with E-state index in [2.05, 4.69) is 42.6 Å². The number of anilines is 2. The molecule has 0 saturated carbocycles. The Hall–Kier alpha value is -3.10. The number of aliphatic hydroxyl groups is 1. The average Bonchev–Trinajstić information content (AvgIpc) is 3.36. The first-order chi connectivity index (χ1) is 13.7. The van der Waals surface area contributed by atoms with Crippen LogP contribution in [0.1, 0.15) is 17.7 Å². The normalized spacial score (nSPS) is 10.9. The van der Waals surface area contributed by atoms with Crippen LogP contribution in [-0.4, -0.2) is 36.9 Å². The summed E-state index contributed by atoms with van der Waals surface area (Å²) >= 11 is 1.49. The Morgan fingerprint density at radius 3 is 3.00 bits per heavy atom. The van der Waals surface area contributed by atoms with Crippen LogP contribution in [0.2, 0.25) is 0 Å². The van der Waals surface area contributed by atoms with Gasteiger partial charge in [-0.3, -0.25) is 5.10 Å². The number of aliphatic hydroxyl groups excluding tert-OH is 1. The molecule has 0 spiro atoms. The highest BCUT2D eigenvalue weighted by Crippen LogP contribution is 2.33. The van der Waals surface area contributed by atoms with Gasteiger partial charge in [0.1, 0.15) is 0 Å². The molecule has 1 aromatic carbocycles. The second-order valence-electron chi connectivity index (χ2n) is 6.37. The van der Waals surface area contributed by atoms with E-state index < -0.39 is 0 Å². The number of aryl methyl sites for hydroxylation is 2. The average molecular weight is 392 g/mol. The van der Waals surface area contributed by atoms with E-state index in [1.165, 1.54) is 16.9 Å². The predicted octanol–water partition coefficient (Wildman–Crippen LogP) is 3.97. The van der Waals surface area contributed by atoms with Crippen LogP contribution in [0.25, 0.3) is 22.5 Å². The fourth-order valence-corrected chi connectivity index (χ4v) is 3.63. The molecule has 4 aromatic rings. The molecule has 0 amide bonds. The molecule has 142 valence electrons. The van der Waals surface area contributed by atoms with E-state index in [-0.39, 0.29) is 6.61 Å². The quantitative estimate of drug-likeness (QED) is 0.440. The van der Waals surface area contributed by atoms with E-state index in [0.29, 0.717) is 5.95 Å². The molecule has 0 bridgehead atoms. The Balaban J connectivity index is 1.59. The van der Waals surface area contributed by atoms with E-state index in [9.17, 15) is 0 Å². The Morgan fingerprint density at radius 2 is 2.14 bits per heavy atom. The monoisotopic (exact) mass is 392 g/mol. The smallest absolute Gasteiger partial charge is 0.229 e. The number of thiazole rings is 1. The molecule has 0 aliphatic rings. The van der Waals surface area contributed by atoms with Crippen LogP contribution in [0.15, 0.2) is 48.1 Å². The highest BCUT2D eigenvalue weighted by atomic mass is 32.1. The molecule has 3 N–H and O–H groups in total. The fraction of sp³-hybridized carbons (Fsp3) is 0.200. The first kappa shape index (κ1) is 18.3. The van der Waals surface area contributed by atoms with Crippen molar-refractivity contribution in [3.05, 3.63) is 59.4 Å². The highest BCUT2D eigenvalue weighted by Gasteiger charge is 2.14. The van der Waals surface area contributed by atoms with Crippen molar-refractivity contribution in [3.63, 3.8) is 0 Å². The topological polar surface area (TPSA) is 99.6 Å². The molecule has 0 aliphatic heterocycles. The molecule has 0 radical (unpaired) electrons. The zero-order valence-corrected chi connectivity index (χ0v) is 16.2. The van der Waals surface area contributed by atoms with E-state index in [1.807, 2.05) is 30.5 Å². The number of nitrogens with zero attached hydrogens (tertiary/aromatic N) is 4. The third kappa shape index (κ3) is 4.08. The summed E-state index contributed by atoms with van der Waals surface area (Å²) in [5.41, 5.74) is 5.83. The third-order valence-electron chi connectivity index (χ3n) is 4.27. The SMILES string of the molecule is Cc1ccnc(Nc2nc(-c3cn[nH]c3-c3cccc(CCCO)c3)cs2)n1. The van der Waals surface area contributed by atoms with Crippen molar-refractivity contribution in [2.45, 2.75) is 19.8 Å². The van der Waals surface area contributed by atoms with Gasteiger partial charge < -0.3 is 10.4 Å². The molecule has 8 heteroatoms. The molecule has 3 aromatic heterocycles. The number of rotatable bonds is 7. The molecular weight excluding hydrogens is 372 g/mol. The summed E-state index contributed by atoms with van der Waals surface area (Å²) in [5.74, 6) is 0.532. The molecule has 3 heterocycles. The summed E-state index contributed by atoms with van der Waals surface area (Å²) in [7, 11) is 0. The van der Waals surface area contributed by atoms with Crippen molar-refractivity contribution in [1.82, 2.24) is 25.1 Å². The van der Waals surface area contributed by atoms with Gasteiger partial charge in [-0.05, 0) is 37.5 Å². The number of hydrogen-bond donors (Lipinski definition) is 3. The zero-order valence-electron chi connectivity index (χ0n) is 15.4. The van der Waals surface area contributed by atoms with Crippen molar-refractivity contribution in [2.24, 2.45) is 0 Å². The maximum atomic E-state index is 9.06. The van der Waals surface area contributed by atoms with Crippen molar-refractivity contribution in [1.29, 1.82) is 0 Å². The number of aromatic amines is 1. The maximum absolute atomic E-state index is 9.06. The van der Waals surface area contributed by atoms with Crippen molar-refractivity contribution in [2.75, 3.05) is 11.9 Å². The Labute approximate surface area is 166 Å². The molecule has 28 heavy (non-hydrogen) atoms. The zero-order chi connectivity index (χ0) is 19.3. The first-order valence-corrected chi connectivity index (χ1v) is 9.87. The van der Waals surface area contributed by atoms with Crippen LogP contribution < -0.4 is 5.32 Å². The van der Waals surface area contributed by atoms with Gasteiger partial charge >= 0.3 is 0 Å². The summed E-state index contributed by atoms with van der Waals surface area (Å²) in [6.45, 7) is 2.12. The van der Waals surface area contributed by atoms with Crippen LogP contribution in [0.5, 0.6) is 0 Å². The largest absolute Gasteiger partial charge is 0.396 e. The molecule has 0 fully saturated rings. The van der Waals surface area contributed by atoms with Gasteiger partial charge in [-0.2, -0.15) is 5.10 Å². The Kier molecular flexibility index (Phi) is 5.41. The minimum Gasteiger partial charge on any atom is -0.396 e. The van der Waals surface area contributed by atoms with E-state index in [1.54, 1.807) is 12.4 Å². The summed E-state index contributed by atoms with van der Waals surface area (Å²) < 4.78 is 0. The van der Waals surface area contributed by atoms with Gasteiger partial charge in [-0.1, -0.05) is 18.2 Å². The summed E-state index contributed by atoms with van der Waals surface area (Å²) in [4.78, 5) is 13.2. The van der Waals surface area contributed by atoms with Gasteiger partial charge in [0.25, 0.3) is 0 Å². The molecule has 0 unspecified atom stereocenters. The van der Waals surface area contributed by atoms with Gasteiger partial charge in [-0.15, -0.1) is 11.3 Å². The van der Waals surface area contributed by atoms with Crippen LogP contribution >= 0.6 is 11.3 Å². The number of aromatic nitrogens is 5. The lowest BCUT2D eigenvalue weighted by molar-refractivity contribution is 0.288. The molecule has 7 nitrogen and oxygen atoms in total. The number of hydrogen-bond acceptors (Lipinski definition) is 7. The third-order valence-corrected chi connectivity index (χ3v) is 5.03.